The van der Waals surface area contributed by atoms with Crippen molar-refractivity contribution in [2.75, 3.05) is 12.8 Å². The first-order chi connectivity index (χ1) is 7.06. The van der Waals surface area contributed by atoms with Crippen molar-refractivity contribution in [2.24, 2.45) is 0 Å². The maximum Gasteiger partial charge on any atom is 0.303 e. The Bertz CT molecular complexity index is 363. The first kappa shape index (κ1) is 11.4. The van der Waals surface area contributed by atoms with Crippen LogP contribution in [0, 0.1) is 0 Å². The van der Waals surface area contributed by atoms with Crippen LogP contribution in [0.3, 0.4) is 0 Å². The Morgan fingerprint density at radius 3 is 2.80 bits per heavy atom. The van der Waals surface area contributed by atoms with Crippen LogP contribution in [-0.2, 0) is 4.79 Å². The molecule has 0 spiro atoms. The lowest BCUT2D eigenvalue weighted by Gasteiger charge is -2.16. The fraction of sp³-hybridized carbons (Fsp3) is 0.364. The number of methoxy groups -OCH3 is 1. The summed E-state index contributed by atoms with van der Waals surface area (Å²) in [6, 6.07) is 5.31. The highest BCUT2D eigenvalue weighted by Crippen LogP contribution is 2.33. The molecule has 0 heterocycles. The van der Waals surface area contributed by atoms with Crippen LogP contribution in [0.15, 0.2) is 18.2 Å². The van der Waals surface area contributed by atoms with Gasteiger partial charge in [-0.15, -0.1) is 0 Å². The van der Waals surface area contributed by atoms with E-state index in [2.05, 4.69) is 0 Å². The molecule has 0 aliphatic rings. The third-order valence-corrected chi connectivity index (χ3v) is 2.29. The number of carbonyl (C=O) groups is 1. The third kappa shape index (κ3) is 2.62. The second-order valence-electron chi connectivity index (χ2n) is 3.46. The van der Waals surface area contributed by atoms with Crippen LogP contribution in [0.2, 0.25) is 0 Å². The van der Waals surface area contributed by atoms with Gasteiger partial charge >= 0.3 is 5.97 Å². The number of nitrogens with two attached hydrogens (primary N) is 1. The summed E-state index contributed by atoms with van der Waals surface area (Å²) in [6.45, 7) is 1.82. The van der Waals surface area contributed by atoms with E-state index in [9.17, 15) is 4.79 Å². The monoisotopic (exact) mass is 209 g/mol. The van der Waals surface area contributed by atoms with Gasteiger partial charge in [0.2, 0.25) is 0 Å². The first-order valence-electron chi connectivity index (χ1n) is 4.70. The van der Waals surface area contributed by atoms with Crippen LogP contribution >= 0.6 is 0 Å². The molecule has 4 nitrogen and oxygen atoms in total. The normalized spacial score (nSPS) is 12.1. The molecular weight excluding hydrogens is 194 g/mol. The zero-order valence-electron chi connectivity index (χ0n) is 8.86. The summed E-state index contributed by atoms with van der Waals surface area (Å²) in [4.78, 5) is 10.6. The van der Waals surface area contributed by atoms with Crippen molar-refractivity contribution in [3.8, 4) is 5.75 Å². The number of benzene rings is 1. The minimum Gasteiger partial charge on any atom is -0.496 e. The van der Waals surface area contributed by atoms with Gasteiger partial charge in [-0.1, -0.05) is 13.0 Å². The molecule has 15 heavy (non-hydrogen) atoms. The molecule has 0 amide bonds. The van der Waals surface area contributed by atoms with Gasteiger partial charge in [-0.2, -0.15) is 0 Å². The van der Waals surface area contributed by atoms with E-state index in [0.29, 0.717) is 11.4 Å². The maximum absolute atomic E-state index is 10.6. The van der Waals surface area contributed by atoms with E-state index in [4.69, 9.17) is 15.6 Å². The lowest BCUT2D eigenvalue weighted by molar-refractivity contribution is -0.137. The van der Waals surface area contributed by atoms with Crippen molar-refractivity contribution in [3.63, 3.8) is 0 Å². The van der Waals surface area contributed by atoms with E-state index in [1.54, 1.807) is 25.3 Å². The third-order valence-electron chi connectivity index (χ3n) is 2.29. The average molecular weight is 209 g/mol. The lowest BCUT2D eigenvalue weighted by atomic mass is 9.95. The number of carboxylic acid groups (broad SMARTS) is 1. The van der Waals surface area contributed by atoms with E-state index in [1.807, 2.05) is 6.92 Å². The summed E-state index contributed by atoms with van der Waals surface area (Å²) < 4.78 is 5.16. The van der Waals surface area contributed by atoms with Crippen molar-refractivity contribution in [3.05, 3.63) is 23.8 Å². The minimum absolute atomic E-state index is 0.0462. The van der Waals surface area contributed by atoms with Crippen molar-refractivity contribution >= 4 is 11.7 Å². The molecule has 0 fully saturated rings. The van der Waals surface area contributed by atoms with E-state index < -0.39 is 5.97 Å². The predicted octanol–water partition coefficient (Wildman–Crippen LogP) is 1.86. The van der Waals surface area contributed by atoms with Crippen molar-refractivity contribution in [1.29, 1.82) is 0 Å². The molecule has 1 atom stereocenters. The van der Waals surface area contributed by atoms with E-state index in [1.165, 1.54) is 0 Å². The quantitative estimate of drug-likeness (QED) is 0.742. The highest BCUT2D eigenvalue weighted by atomic mass is 16.5. The largest absolute Gasteiger partial charge is 0.496 e. The molecule has 0 radical (unpaired) electrons. The van der Waals surface area contributed by atoms with Gasteiger partial charge in [0.25, 0.3) is 0 Å². The Balaban J connectivity index is 3.05. The molecule has 1 unspecified atom stereocenters. The van der Waals surface area contributed by atoms with Gasteiger partial charge in [0, 0.05) is 11.3 Å². The van der Waals surface area contributed by atoms with Gasteiger partial charge in [-0.3, -0.25) is 4.79 Å². The van der Waals surface area contributed by atoms with Crippen molar-refractivity contribution in [1.82, 2.24) is 0 Å². The van der Waals surface area contributed by atoms with Gasteiger partial charge in [-0.25, -0.2) is 0 Å². The summed E-state index contributed by atoms with van der Waals surface area (Å²) in [5.41, 5.74) is 7.14. The molecule has 3 N–H and O–H groups in total. The number of hydrogen-bond acceptors (Lipinski definition) is 3. The maximum atomic E-state index is 10.6. The van der Waals surface area contributed by atoms with Gasteiger partial charge in [0.15, 0.2) is 0 Å². The fourth-order valence-electron chi connectivity index (χ4n) is 1.63. The molecule has 0 aliphatic carbocycles. The molecular formula is C11H15NO3. The van der Waals surface area contributed by atoms with Gasteiger partial charge in [0.1, 0.15) is 5.75 Å². The van der Waals surface area contributed by atoms with Crippen LogP contribution in [0.5, 0.6) is 5.75 Å². The number of aliphatic carboxylic acids is 1. The molecule has 1 aromatic carbocycles. The van der Waals surface area contributed by atoms with Crippen LogP contribution in [0.25, 0.3) is 0 Å². The zero-order chi connectivity index (χ0) is 11.4. The average Bonchev–Trinajstić information content (AvgIpc) is 2.15. The summed E-state index contributed by atoms with van der Waals surface area (Å²) in [5, 5.41) is 8.72. The van der Waals surface area contributed by atoms with Crippen LogP contribution in [0.1, 0.15) is 24.8 Å². The molecule has 1 rings (SSSR count). The molecule has 0 aromatic heterocycles. The zero-order valence-corrected chi connectivity index (χ0v) is 8.86. The predicted molar refractivity (Wildman–Crippen MR) is 58.1 cm³/mol. The Kier molecular flexibility index (Phi) is 3.55. The van der Waals surface area contributed by atoms with Crippen LogP contribution in [-0.4, -0.2) is 18.2 Å². The molecule has 82 valence electrons. The molecule has 4 heteroatoms. The number of hydrogen-bond donors (Lipinski definition) is 2. The van der Waals surface area contributed by atoms with Gasteiger partial charge in [-0.05, 0) is 18.1 Å². The number of ether oxygens (including phenoxy) is 1. The minimum atomic E-state index is -0.840. The molecule has 0 aliphatic heterocycles. The standard InChI is InChI=1S/C11H15NO3/c1-7(6-10(13)14)11-8(12)4-3-5-9(11)15-2/h3-5,7H,6,12H2,1-2H3,(H,13,14). The topological polar surface area (TPSA) is 72.5 Å². The van der Waals surface area contributed by atoms with Crippen LogP contribution in [0.4, 0.5) is 5.69 Å². The molecule has 1 aromatic rings. The Morgan fingerprint density at radius 2 is 2.27 bits per heavy atom. The number of carboxylic acids is 1. The first-order valence-corrected chi connectivity index (χ1v) is 4.70. The Morgan fingerprint density at radius 1 is 1.60 bits per heavy atom. The van der Waals surface area contributed by atoms with Crippen molar-refractivity contribution < 1.29 is 14.6 Å². The van der Waals surface area contributed by atoms with Crippen LogP contribution < -0.4 is 10.5 Å². The highest BCUT2D eigenvalue weighted by Gasteiger charge is 2.17. The summed E-state index contributed by atoms with van der Waals surface area (Å²) in [7, 11) is 1.55. The number of nitrogen functional groups attached to an aromatic ring is 1. The summed E-state index contributed by atoms with van der Waals surface area (Å²) >= 11 is 0. The van der Waals surface area contributed by atoms with E-state index >= 15 is 0 Å². The summed E-state index contributed by atoms with van der Waals surface area (Å²) in [6.07, 6.45) is 0.0462. The smallest absolute Gasteiger partial charge is 0.303 e. The van der Waals surface area contributed by atoms with Crippen molar-refractivity contribution in [2.45, 2.75) is 19.3 Å². The van der Waals surface area contributed by atoms with E-state index in [-0.39, 0.29) is 12.3 Å². The van der Waals surface area contributed by atoms with Gasteiger partial charge < -0.3 is 15.6 Å². The molecule has 0 saturated heterocycles. The summed E-state index contributed by atoms with van der Waals surface area (Å²) in [5.74, 6) is -0.352. The Hall–Kier alpha value is -1.71. The fourth-order valence-corrected chi connectivity index (χ4v) is 1.63. The number of anilines is 1. The SMILES string of the molecule is COc1cccc(N)c1C(C)CC(=O)O. The van der Waals surface area contributed by atoms with E-state index in [0.717, 1.165) is 5.56 Å². The molecule has 0 bridgehead atoms. The molecule has 0 saturated carbocycles. The Labute approximate surface area is 88.7 Å². The number of rotatable bonds is 4. The second-order valence-corrected chi connectivity index (χ2v) is 3.46. The second kappa shape index (κ2) is 4.68. The highest BCUT2D eigenvalue weighted by molar-refractivity contribution is 5.69. The lowest BCUT2D eigenvalue weighted by Crippen LogP contribution is -2.07. The van der Waals surface area contributed by atoms with Gasteiger partial charge in [0.05, 0.1) is 13.5 Å².